The fourth-order valence-corrected chi connectivity index (χ4v) is 20.1. The Balaban J connectivity index is 0.000000171. The first-order valence-electron chi connectivity index (χ1n) is 46.6. The number of likely N-dealkylation sites (tertiary alicyclic amines) is 4. The van der Waals surface area contributed by atoms with Crippen molar-refractivity contribution in [2.75, 3.05) is 60.7 Å². The first-order chi connectivity index (χ1) is 62.8. The zero-order valence-corrected chi connectivity index (χ0v) is 84.2. The second-order valence-electron chi connectivity index (χ2n) is 38.0. The van der Waals surface area contributed by atoms with Gasteiger partial charge >= 0.3 is 0 Å². The molecule has 6 fully saturated rings. The van der Waals surface area contributed by atoms with Crippen LogP contribution in [0.1, 0.15) is 305 Å². The summed E-state index contributed by atoms with van der Waals surface area (Å²) in [5.74, 6) is 0.915. The minimum atomic E-state index is -1.08. The maximum absolute atomic E-state index is 13.5. The van der Waals surface area contributed by atoms with Gasteiger partial charge in [0.25, 0.3) is 47.3 Å². The first-order valence-corrected chi connectivity index (χ1v) is 49.9. The van der Waals surface area contributed by atoms with Gasteiger partial charge in [0.1, 0.15) is 46.0 Å². The number of aliphatic hydroxyl groups is 4. The van der Waals surface area contributed by atoms with E-state index < -0.39 is 53.2 Å². The fourth-order valence-electron chi connectivity index (χ4n) is 16.0. The molecule has 1 aliphatic carbocycles. The van der Waals surface area contributed by atoms with E-state index >= 15 is 0 Å². The lowest BCUT2D eigenvalue weighted by atomic mass is 9.89. The normalized spacial score (nSPS) is 20.3. The van der Waals surface area contributed by atoms with Crippen molar-refractivity contribution in [2.24, 2.45) is 0 Å². The monoisotopic (exact) mass is 1900 g/mol. The molecule has 33 nitrogen and oxygen atoms in total. The van der Waals surface area contributed by atoms with Gasteiger partial charge in [0.05, 0.1) is 74.3 Å². The third kappa shape index (κ3) is 25.9. The van der Waals surface area contributed by atoms with Crippen LogP contribution in [0.15, 0.2) is 49.1 Å². The van der Waals surface area contributed by atoms with E-state index in [1.807, 2.05) is 120 Å². The third-order valence-corrected chi connectivity index (χ3v) is 29.6. The van der Waals surface area contributed by atoms with Gasteiger partial charge in [-0.15, -0.1) is 45.3 Å². The number of ether oxygens (including phenoxy) is 1. The van der Waals surface area contributed by atoms with E-state index in [1.54, 1.807) is 66.3 Å². The summed E-state index contributed by atoms with van der Waals surface area (Å²) in [6, 6.07) is 7.94. The van der Waals surface area contributed by atoms with Gasteiger partial charge in [-0.1, -0.05) is 13.8 Å². The Morgan fingerprint density at radius 3 is 0.940 bits per heavy atom. The topological polar surface area (TPSA) is 439 Å². The van der Waals surface area contributed by atoms with Crippen molar-refractivity contribution in [2.45, 2.75) is 325 Å². The number of aromatic nitrogens is 8. The standard InChI is InChI=1S/C24H33N5O4S.C24H33N5O3S.2C24H35N5O3S/c1-5-14(3)26-19-9-13(2)16(10-25-19)21-20(24(32)29-8-6-7-15(29)4)28-23(34-21)22(31)27-17-11-33-12-18(17)30;1-5-14(3)26-19-9-13(2)18(12-25-19)21-20(24(32)29-8-6-7-15(29)4)28-23(33-21)22(31)27-16-10-17(30)11-16;2*1-13(2)26-18-11-14(3)17(12-25-18)20-19(23(31)29-10-8-9-15(29)4)28-22(33-20)21(30)27-16(5)24(6,7)32/h9-10,14-15,17-18,30H,5-8,11-12H2,1-4H3,(H,25,26)(H,27,31);9,12,14-17,30H,5-8,10-11H2,1-4H3,(H,25,26)(H,27,31);2*11-13,15-16,32H,8-10H2,1-7H3,(H,25,26)(H,27,30)/t14-,15-,17+,18+;14-,15-,16?,17?;15-,16+;15-,16-/m0000/s1. The van der Waals surface area contributed by atoms with Gasteiger partial charge in [0.15, 0.2) is 20.0 Å². The number of hydrogen-bond acceptors (Lipinski definition) is 29. The van der Waals surface area contributed by atoms with Crippen LogP contribution in [0.3, 0.4) is 0 Å². The number of aryl methyl sites for hydroxylation is 4. The SMILES string of the molecule is CC[C@H](C)Nc1cc(C)c(-c2sc(C(=O)NC3CC(O)C3)nc2C(=O)N2CCC[C@@H]2C)cn1.CC[C@H](C)Nc1cc(C)c(-c2sc(C(=O)N[C@@H]3COC[C@H]3O)nc2C(=O)N2CCC[C@@H]2C)cn1.Cc1cc(NC(C)C)ncc1-c1sc(C(=O)N[C@@H](C)C(C)(C)O)nc1C(=O)N1CCC[C@@H]1C.Cc1cc(NC(C)C)ncc1-c1sc(C(=O)N[C@H](C)C(C)(C)O)nc1C(=O)N1CCC[C@@H]1C. The van der Waals surface area contributed by atoms with E-state index in [0.29, 0.717) is 76.3 Å². The fraction of sp³-hybridized carbons (Fsp3) is 0.583. The van der Waals surface area contributed by atoms with Crippen LogP contribution in [0, 0.1) is 27.7 Å². The highest BCUT2D eigenvalue weighted by Gasteiger charge is 2.40. The molecule has 0 radical (unpaired) electrons. The summed E-state index contributed by atoms with van der Waals surface area (Å²) in [5.41, 5.74) is 5.96. The molecule has 0 aromatic carbocycles. The predicted molar refractivity (Wildman–Crippen MR) is 525 cm³/mol. The second kappa shape index (κ2) is 45.0. The lowest BCUT2D eigenvalue weighted by Crippen LogP contribution is -2.47. The van der Waals surface area contributed by atoms with E-state index in [1.165, 1.54) is 45.3 Å². The Labute approximate surface area is 797 Å². The zero-order valence-electron chi connectivity index (χ0n) is 80.9. The van der Waals surface area contributed by atoms with Gasteiger partial charge in [-0.2, -0.15) is 0 Å². The van der Waals surface area contributed by atoms with Crippen LogP contribution in [0.25, 0.3) is 41.8 Å². The Morgan fingerprint density at radius 2 is 0.707 bits per heavy atom. The van der Waals surface area contributed by atoms with Crippen molar-refractivity contribution >= 4 is 116 Å². The van der Waals surface area contributed by atoms with Gasteiger partial charge in [-0.25, -0.2) is 39.9 Å². The van der Waals surface area contributed by atoms with Gasteiger partial charge in [0, 0.05) is 128 Å². The number of rotatable bonds is 28. The van der Waals surface area contributed by atoms with Crippen LogP contribution in [-0.4, -0.2) is 262 Å². The molecule has 8 aromatic rings. The maximum atomic E-state index is 13.5. The quantitative estimate of drug-likeness (QED) is 0.0217. The molecule has 8 amide bonds. The van der Waals surface area contributed by atoms with E-state index in [2.05, 4.69) is 117 Å². The van der Waals surface area contributed by atoms with Gasteiger partial charge in [0.2, 0.25) is 0 Å². The molecule has 0 spiro atoms. The molecule has 5 saturated heterocycles. The van der Waals surface area contributed by atoms with Crippen molar-refractivity contribution in [3.63, 3.8) is 0 Å². The molecule has 133 heavy (non-hydrogen) atoms. The molecular weight excluding hydrogens is 1770 g/mol. The molecule has 12 N–H and O–H groups in total. The maximum Gasteiger partial charge on any atom is 0.280 e. The number of aliphatic hydroxyl groups excluding tert-OH is 2. The summed E-state index contributed by atoms with van der Waals surface area (Å²) in [6.45, 7) is 45.8. The predicted octanol–water partition coefficient (Wildman–Crippen LogP) is 14.1. The summed E-state index contributed by atoms with van der Waals surface area (Å²) in [6.07, 6.45) is 16.6. The van der Waals surface area contributed by atoms with Gasteiger partial charge in [-0.3, -0.25) is 38.4 Å². The molecule has 10 atom stereocenters. The second-order valence-corrected chi connectivity index (χ2v) is 42.0. The summed E-state index contributed by atoms with van der Waals surface area (Å²) in [5, 5.41) is 65.4. The molecule has 722 valence electrons. The highest BCUT2D eigenvalue weighted by molar-refractivity contribution is 7.18. The lowest BCUT2D eigenvalue weighted by molar-refractivity contribution is 0.0408. The Kier molecular flexibility index (Phi) is 35.0. The Bertz CT molecular complexity index is 5300. The number of carbonyl (C=O) groups is 8. The van der Waals surface area contributed by atoms with E-state index in [0.717, 1.165) is 132 Å². The number of nitrogens with zero attached hydrogens (tertiary/aromatic N) is 12. The number of anilines is 4. The first kappa shape index (κ1) is 103. The minimum absolute atomic E-state index is 0.0491. The van der Waals surface area contributed by atoms with Crippen LogP contribution >= 0.6 is 45.3 Å². The molecule has 8 aromatic heterocycles. The number of hydrogen-bond donors (Lipinski definition) is 12. The molecule has 14 rings (SSSR count). The average Bonchev–Trinajstić information content (AvgIpc) is 1.65. The van der Waals surface area contributed by atoms with E-state index in [9.17, 15) is 58.8 Å². The minimum Gasteiger partial charge on any atom is -0.393 e. The molecular formula is C96H136N20O13S4. The van der Waals surface area contributed by atoms with Crippen LogP contribution in [0.2, 0.25) is 0 Å². The summed E-state index contributed by atoms with van der Waals surface area (Å²) >= 11 is 4.78. The highest BCUT2D eigenvalue weighted by Crippen LogP contribution is 2.42. The molecule has 37 heteroatoms. The molecule has 13 heterocycles. The summed E-state index contributed by atoms with van der Waals surface area (Å²) < 4.78 is 5.23. The third-order valence-electron chi connectivity index (χ3n) is 25.3. The van der Waals surface area contributed by atoms with Gasteiger partial charge in [-0.05, 0) is 262 Å². The van der Waals surface area contributed by atoms with Crippen molar-refractivity contribution in [3.05, 3.63) is 114 Å². The van der Waals surface area contributed by atoms with E-state index in [4.69, 9.17) is 4.74 Å². The summed E-state index contributed by atoms with van der Waals surface area (Å²) in [4.78, 5) is 152. The molecule has 0 unspecified atom stereocenters. The molecule has 1 saturated carbocycles. The number of amides is 8. The molecule has 6 aliphatic rings. The number of pyridine rings is 4. The van der Waals surface area contributed by atoms with Crippen LogP contribution in [-0.2, 0) is 4.74 Å². The lowest BCUT2D eigenvalue weighted by Gasteiger charge is -2.31. The van der Waals surface area contributed by atoms with Crippen molar-refractivity contribution < 1.29 is 63.5 Å². The van der Waals surface area contributed by atoms with Crippen molar-refractivity contribution in [1.82, 2.24) is 80.7 Å². The molecule has 5 aliphatic heterocycles. The van der Waals surface area contributed by atoms with Crippen molar-refractivity contribution in [3.8, 4) is 41.8 Å². The number of thiazole rings is 4. The molecule has 0 bridgehead atoms. The van der Waals surface area contributed by atoms with Crippen LogP contribution < -0.4 is 42.5 Å². The number of nitrogens with one attached hydrogen (secondary N) is 8. The van der Waals surface area contributed by atoms with Gasteiger partial charge < -0.3 is 87.3 Å². The average molecular weight is 1910 g/mol. The number of carbonyl (C=O) groups excluding carboxylic acids is 8. The largest absolute Gasteiger partial charge is 0.393 e. The Hall–Kier alpha value is -10.1. The smallest absolute Gasteiger partial charge is 0.280 e. The van der Waals surface area contributed by atoms with Crippen LogP contribution in [0.5, 0.6) is 0 Å². The highest BCUT2D eigenvalue weighted by atomic mass is 32.1. The summed E-state index contributed by atoms with van der Waals surface area (Å²) in [7, 11) is 0. The van der Waals surface area contributed by atoms with E-state index in [-0.39, 0.29) is 128 Å². The van der Waals surface area contributed by atoms with Crippen molar-refractivity contribution in [1.29, 1.82) is 0 Å². The van der Waals surface area contributed by atoms with Crippen LogP contribution in [0.4, 0.5) is 23.3 Å². The Morgan fingerprint density at radius 1 is 0.429 bits per heavy atom. The zero-order chi connectivity index (χ0) is 97.1.